The second-order valence-corrected chi connectivity index (χ2v) is 6.59. The molecule has 0 N–H and O–H groups in total. The van der Waals surface area contributed by atoms with Gasteiger partial charge in [0.25, 0.3) is 5.56 Å². The number of thioether (sulfide) groups is 1. The molecule has 0 fully saturated rings. The summed E-state index contributed by atoms with van der Waals surface area (Å²) in [5.74, 6) is 0.316. The minimum absolute atomic E-state index is 0.118. The average molecular weight is 404 g/mol. The van der Waals surface area contributed by atoms with Crippen molar-refractivity contribution in [3.63, 3.8) is 0 Å². The van der Waals surface area contributed by atoms with Crippen LogP contribution in [0, 0.1) is 0 Å². The van der Waals surface area contributed by atoms with E-state index in [1.165, 1.54) is 11.8 Å². The van der Waals surface area contributed by atoms with E-state index in [1.54, 1.807) is 16.7 Å². The Balaban J connectivity index is 2.25. The standard InChI is InChI=1S/C15H16BrClN2O2S/c1-3-8-19-14(20)12(16)13(18-15(19)22-2)21-9-10-4-6-11(17)7-5-10/h4-7H,3,8-9H2,1-2H3. The summed E-state index contributed by atoms with van der Waals surface area (Å²) in [4.78, 5) is 16.8. The number of rotatable bonds is 6. The Morgan fingerprint density at radius 3 is 2.64 bits per heavy atom. The van der Waals surface area contributed by atoms with Crippen LogP contribution in [0.25, 0.3) is 0 Å². The predicted octanol–water partition coefficient (Wildman–Crippen LogP) is 4.37. The van der Waals surface area contributed by atoms with Gasteiger partial charge in [0.05, 0.1) is 0 Å². The van der Waals surface area contributed by atoms with Crippen LogP contribution in [0.15, 0.2) is 38.7 Å². The van der Waals surface area contributed by atoms with Gasteiger partial charge in [0.2, 0.25) is 5.88 Å². The molecule has 7 heteroatoms. The van der Waals surface area contributed by atoms with Crippen LogP contribution in [0.2, 0.25) is 5.02 Å². The summed E-state index contributed by atoms with van der Waals surface area (Å²) >= 11 is 10.6. The molecule has 0 spiro atoms. The molecule has 22 heavy (non-hydrogen) atoms. The van der Waals surface area contributed by atoms with Gasteiger partial charge < -0.3 is 4.74 Å². The van der Waals surface area contributed by atoms with Crippen molar-refractivity contribution in [2.24, 2.45) is 0 Å². The molecule has 0 saturated heterocycles. The lowest BCUT2D eigenvalue weighted by Gasteiger charge is -2.13. The quantitative estimate of drug-likeness (QED) is 0.530. The summed E-state index contributed by atoms with van der Waals surface area (Å²) in [6.07, 6.45) is 2.76. The fraction of sp³-hybridized carbons (Fsp3) is 0.333. The lowest BCUT2D eigenvalue weighted by Crippen LogP contribution is -2.24. The number of benzene rings is 1. The van der Waals surface area contributed by atoms with E-state index in [4.69, 9.17) is 16.3 Å². The van der Waals surface area contributed by atoms with Crippen LogP contribution >= 0.6 is 39.3 Å². The highest BCUT2D eigenvalue weighted by Gasteiger charge is 2.15. The molecule has 4 nitrogen and oxygen atoms in total. The molecule has 1 heterocycles. The van der Waals surface area contributed by atoms with Crippen molar-refractivity contribution in [3.8, 4) is 5.88 Å². The molecular formula is C15H16BrClN2O2S. The molecule has 2 rings (SSSR count). The van der Waals surface area contributed by atoms with Gasteiger partial charge in [-0.05, 0) is 46.3 Å². The highest BCUT2D eigenvalue weighted by molar-refractivity contribution is 9.10. The van der Waals surface area contributed by atoms with Gasteiger partial charge in [0.15, 0.2) is 5.16 Å². The molecule has 0 unspecified atom stereocenters. The van der Waals surface area contributed by atoms with Gasteiger partial charge in [-0.25, -0.2) is 0 Å². The molecule has 0 aliphatic rings. The first kappa shape index (κ1) is 17.4. The van der Waals surface area contributed by atoms with E-state index in [9.17, 15) is 4.79 Å². The van der Waals surface area contributed by atoms with Crippen molar-refractivity contribution >= 4 is 39.3 Å². The number of hydrogen-bond donors (Lipinski definition) is 0. The Labute approximate surface area is 147 Å². The first-order valence-corrected chi connectivity index (χ1v) is 9.18. The zero-order valence-corrected chi connectivity index (χ0v) is 15.5. The summed E-state index contributed by atoms with van der Waals surface area (Å²) in [5.41, 5.74) is 0.842. The Hall–Kier alpha value is -0.980. The average Bonchev–Trinajstić information content (AvgIpc) is 2.53. The molecule has 2 aromatic rings. The number of aromatic nitrogens is 2. The fourth-order valence-corrected chi connectivity index (χ4v) is 3.01. The lowest BCUT2D eigenvalue weighted by molar-refractivity contribution is 0.284. The van der Waals surface area contributed by atoms with E-state index in [1.807, 2.05) is 25.3 Å². The van der Waals surface area contributed by atoms with Crippen molar-refractivity contribution in [3.05, 3.63) is 49.7 Å². The SMILES string of the molecule is CCCn1c(SC)nc(OCc2ccc(Cl)cc2)c(Br)c1=O. The van der Waals surface area contributed by atoms with Crippen LogP contribution in [-0.4, -0.2) is 15.8 Å². The van der Waals surface area contributed by atoms with Crippen molar-refractivity contribution in [2.75, 3.05) is 6.26 Å². The highest BCUT2D eigenvalue weighted by Crippen LogP contribution is 2.23. The Bertz CT molecular complexity index is 704. The van der Waals surface area contributed by atoms with Crippen LogP contribution in [0.1, 0.15) is 18.9 Å². The number of ether oxygens (including phenoxy) is 1. The maximum absolute atomic E-state index is 12.4. The lowest BCUT2D eigenvalue weighted by atomic mass is 10.2. The van der Waals surface area contributed by atoms with Crippen LogP contribution in [0.3, 0.4) is 0 Å². The van der Waals surface area contributed by atoms with Gasteiger partial charge in [0, 0.05) is 11.6 Å². The van der Waals surface area contributed by atoms with E-state index in [0.717, 1.165) is 12.0 Å². The summed E-state index contributed by atoms with van der Waals surface area (Å²) in [6.45, 7) is 2.99. The van der Waals surface area contributed by atoms with Crippen molar-refractivity contribution in [1.29, 1.82) is 0 Å². The monoisotopic (exact) mass is 402 g/mol. The molecule has 0 bridgehead atoms. The molecule has 1 aromatic heterocycles. The highest BCUT2D eigenvalue weighted by atomic mass is 79.9. The molecule has 0 radical (unpaired) electrons. The minimum Gasteiger partial charge on any atom is -0.472 e. The zero-order valence-electron chi connectivity index (χ0n) is 12.3. The van der Waals surface area contributed by atoms with E-state index in [-0.39, 0.29) is 5.56 Å². The van der Waals surface area contributed by atoms with Crippen LogP contribution in [0.5, 0.6) is 5.88 Å². The van der Waals surface area contributed by atoms with Crippen LogP contribution in [-0.2, 0) is 13.2 Å². The predicted molar refractivity (Wildman–Crippen MR) is 94.1 cm³/mol. The summed E-state index contributed by atoms with van der Waals surface area (Å²) in [7, 11) is 0. The number of nitrogens with zero attached hydrogens (tertiary/aromatic N) is 2. The largest absolute Gasteiger partial charge is 0.472 e. The van der Waals surface area contributed by atoms with E-state index >= 15 is 0 Å². The normalized spacial score (nSPS) is 10.7. The number of hydrogen-bond acceptors (Lipinski definition) is 4. The Kier molecular flexibility index (Phi) is 6.35. The smallest absolute Gasteiger partial charge is 0.272 e. The van der Waals surface area contributed by atoms with Gasteiger partial charge in [-0.2, -0.15) is 4.98 Å². The number of halogens is 2. The second-order valence-electron chi connectivity index (χ2n) is 4.59. The first-order valence-electron chi connectivity index (χ1n) is 6.78. The molecule has 0 aliphatic heterocycles. The van der Waals surface area contributed by atoms with Gasteiger partial charge in [-0.1, -0.05) is 42.4 Å². The van der Waals surface area contributed by atoms with Gasteiger partial charge >= 0.3 is 0 Å². The van der Waals surface area contributed by atoms with E-state index in [2.05, 4.69) is 20.9 Å². The van der Waals surface area contributed by atoms with Gasteiger partial charge in [-0.3, -0.25) is 9.36 Å². The summed E-state index contributed by atoms with van der Waals surface area (Å²) in [5, 5.41) is 1.33. The zero-order chi connectivity index (χ0) is 16.1. The third-order valence-electron chi connectivity index (χ3n) is 2.97. The first-order chi connectivity index (χ1) is 10.6. The maximum Gasteiger partial charge on any atom is 0.272 e. The molecule has 1 aromatic carbocycles. The van der Waals surface area contributed by atoms with Crippen molar-refractivity contribution in [2.45, 2.75) is 31.7 Å². The summed E-state index contributed by atoms with van der Waals surface area (Å²) < 4.78 is 7.70. The molecule has 0 saturated carbocycles. The fourth-order valence-electron chi connectivity index (χ4n) is 1.90. The van der Waals surface area contributed by atoms with Crippen LogP contribution < -0.4 is 10.3 Å². The van der Waals surface area contributed by atoms with E-state index < -0.39 is 0 Å². The third-order valence-corrected chi connectivity index (χ3v) is 4.57. The molecule has 0 amide bonds. The molecule has 0 aliphatic carbocycles. The molecular weight excluding hydrogens is 388 g/mol. The summed E-state index contributed by atoms with van der Waals surface area (Å²) in [6, 6.07) is 7.36. The maximum atomic E-state index is 12.4. The van der Waals surface area contributed by atoms with Crippen LogP contribution in [0.4, 0.5) is 0 Å². The Morgan fingerprint density at radius 1 is 1.36 bits per heavy atom. The third kappa shape index (κ3) is 4.06. The molecule has 0 atom stereocenters. The molecule has 118 valence electrons. The van der Waals surface area contributed by atoms with Crippen molar-refractivity contribution in [1.82, 2.24) is 9.55 Å². The van der Waals surface area contributed by atoms with Gasteiger partial charge in [-0.15, -0.1) is 0 Å². The van der Waals surface area contributed by atoms with Crippen molar-refractivity contribution < 1.29 is 4.74 Å². The van der Waals surface area contributed by atoms with E-state index in [0.29, 0.717) is 33.7 Å². The minimum atomic E-state index is -0.118. The Morgan fingerprint density at radius 2 is 2.05 bits per heavy atom. The topological polar surface area (TPSA) is 44.1 Å². The van der Waals surface area contributed by atoms with Gasteiger partial charge in [0.1, 0.15) is 11.1 Å². The second kappa shape index (κ2) is 8.04.